The van der Waals surface area contributed by atoms with Crippen molar-refractivity contribution in [3.8, 4) is 11.3 Å². The molecule has 1 fully saturated rings. The van der Waals surface area contributed by atoms with E-state index in [1.54, 1.807) is 6.07 Å². The summed E-state index contributed by atoms with van der Waals surface area (Å²) in [7, 11) is 0. The van der Waals surface area contributed by atoms with Gasteiger partial charge < -0.3 is 10.2 Å². The average Bonchev–Trinajstić information content (AvgIpc) is 2.91. The molecule has 2 aromatic rings. The van der Waals surface area contributed by atoms with Gasteiger partial charge in [0.2, 0.25) is 0 Å². The topological polar surface area (TPSA) is 39.2 Å². The zero-order chi connectivity index (χ0) is 13.6. The molecule has 5 heteroatoms. The molecule has 2 N–H and O–H groups in total. The third-order valence-corrected chi connectivity index (χ3v) is 3.33. The summed E-state index contributed by atoms with van der Waals surface area (Å²) in [6.45, 7) is 0. The van der Waals surface area contributed by atoms with Gasteiger partial charge in [-0.05, 0) is 30.7 Å². The van der Waals surface area contributed by atoms with Gasteiger partial charge in [0.25, 0.3) is 0 Å². The van der Waals surface area contributed by atoms with Crippen molar-refractivity contribution in [1.82, 2.24) is 0 Å². The van der Waals surface area contributed by atoms with Crippen LogP contribution in [0.4, 0.5) is 13.2 Å². The normalized spacial score (nSPS) is 22.5. The molecule has 19 heavy (non-hydrogen) atoms. The third-order valence-electron chi connectivity index (χ3n) is 3.33. The van der Waals surface area contributed by atoms with Gasteiger partial charge in [0.1, 0.15) is 11.5 Å². The minimum Gasteiger partial charge on any atom is -0.461 e. The molecule has 3 rings (SSSR count). The van der Waals surface area contributed by atoms with Crippen molar-refractivity contribution in [3.05, 3.63) is 47.7 Å². The molecule has 100 valence electrons. The second-order valence-corrected chi connectivity index (χ2v) is 4.78. The first kappa shape index (κ1) is 12.3. The van der Waals surface area contributed by atoms with E-state index in [1.165, 1.54) is 12.1 Å². The highest BCUT2D eigenvalue weighted by Gasteiger charge is 2.37. The number of hydrogen-bond donors (Lipinski definition) is 1. The number of alkyl halides is 3. The summed E-state index contributed by atoms with van der Waals surface area (Å²) in [4.78, 5) is 0. The molecule has 1 aromatic heterocycles. The Balaban J connectivity index is 1.84. The minimum absolute atomic E-state index is 0.145. The zero-order valence-corrected chi connectivity index (χ0v) is 9.95. The molecule has 1 aromatic carbocycles. The van der Waals surface area contributed by atoms with E-state index in [2.05, 4.69) is 0 Å². The van der Waals surface area contributed by atoms with Gasteiger partial charge in [-0.2, -0.15) is 13.2 Å². The predicted molar refractivity (Wildman–Crippen MR) is 64.5 cm³/mol. The molecule has 1 aliphatic rings. The lowest BCUT2D eigenvalue weighted by molar-refractivity contribution is -0.137. The van der Waals surface area contributed by atoms with E-state index in [0.29, 0.717) is 11.3 Å². The SMILES string of the molecule is NC1CC1c1ccc(-c2ccc(C(F)(F)F)cc2)o1. The zero-order valence-electron chi connectivity index (χ0n) is 9.95. The van der Waals surface area contributed by atoms with Crippen molar-refractivity contribution >= 4 is 0 Å². The molecule has 1 heterocycles. The fraction of sp³-hybridized carbons (Fsp3) is 0.286. The van der Waals surface area contributed by atoms with Crippen LogP contribution in [0.1, 0.15) is 23.7 Å². The highest BCUT2D eigenvalue weighted by Crippen LogP contribution is 2.41. The van der Waals surface area contributed by atoms with Crippen molar-refractivity contribution in [2.24, 2.45) is 5.73 Å². The fourth-order valence-corrected chi connectivity index (χ4v) is 2.07. The molecule has 0 amide bonds. The Kier molecular flexibility index (Phi) is 2.67. The maximum absolute atomic E-state index is 12.4. The van der Waals surface area contributed by atoms with Crippen LogP contribution in [0.15, 0.2) is 40.8 Å². The molecule has 0 saturated heterocycles. The lowest BCUT2D eigenvalue weighted by Crippen LogP contribution is -2.03. The summed E-state index contributed by atoms with van der Waals surface area (Å²) in [5.41, 5.74) is 5.70. The molecule has 0 spiro atoms. The number of halogens is 3. The van der Waals surface area contributed by atoms with Crippen molar-refractivity contribution in [2.75, 3.05) is 0 Å². The Hall–Kier alpha value is -1.75. The summed E-state index contributed by atoms with van der Waals surface area (Å²) < 4.78 is 43.0. The smallest absolute Gasteiger partial charge is 0.416 e. The highest BCUT2D eigenvalue weighted by molar-refractivity contribution is 5.58. The Morgan fingerprint density at radius 3 is 2.21 bits per heavy atom. The number of hydrogen-bond acceptors (Lipinski definition) is 2. The fourth-order valence-electron chi connectivity index (χ4n) is 2.07. The molecule has 1 aliphatic carbocycles. The molecular weight excluding hydrogens is 255 g/mol. The van der Waals surface area contributed by atoms with Gasteiger partial charge in [0.15, 0.2) is 0 Å². The summed E-state index contributed by atoms with van der Waals surface area (Å²) >= 11 is 0. The van der Waals surface area contributed by atoms with Crippen LogP contribution in [0, 0.1) is 0 Å². The molecule has 0 bridgehead atoms. The maximum atomic E-state index is 12.4. The number of nitrogens with two attached hydrogens (primary N) is 1. The second-order valence-electron chi connectivity index (χ2n) is 4.78. The third kappa shape index (κ3) is 2.38. The van der Waals surface area contributed by atoms with Gasteiger partial charge in [-0.1, -0.05) is 12.1 Å². The summed E-state index contributed by atoms with van der Waals surface area (Å²) in [5, 5.41) is 0. The van der Waals surface area contributed by atoms with Crippen LogP contribution >= 0.6 is 0 Å². The van der Waals surface area contributed by atoms with Crippen LogP contribution in [0.2, 0.25) is 0 Å². The Morgan fingerprint density at radius 2 is 1.68 bits per heavy atom. The van der Waals surface area contributed by atoms with Gasteiger partial charge in [0.05, 0.1) is 5.56 Å². The van der Waals surface area contributed by atoms with Crippen LogP contribution in [0.25, 0.3) is 11.3 Å². The van der Waals surface area contributed by atoms with E-state index in [0.717, 1.165) is 24.3 Å². The summed E-state index contributed by atoms with van der Waals surface area (Å²) in [6, 6.07) is 8.69. The maximum Gasteiger partial charge on any atom is 0.416 e. The van der Waals surface area contributed by atoms with E-state index in [4.69, 9.17) is 10.2 Å². The highest BCUT2D eigenvalue weighted by atomic mass is 19.4. The van der Waals surface area contributed by atoms with Crippen LogP contribution < -0.4 is 5.73 Å². The van der Waals surface area contributed by atoms with E-state index in [9.17, 15) is 13.2 Å². The molecule has 0 aliphatic heterocycles. The first-order chi connectivity index (χ1) is 8.95. The van der Waals surface area contributed by atoms with Gasteiger partial charge in [-0.25, -0.2) is 0 Å². The number of furan rings is 1. The van der Waals surface area contributed by atoms with Gasteiger partial charge in [0, 0.05) is 17.5 Å². The predicted octanol–water partition coefficient (Wildman–Crippen LogP) is 3.78. The van der Waals surface area contributed by atoms with Gasteiger partial charge in [-0.15, -0.1) is 0 Å². The standard InChI is InChI=1S/C14H12F3NO/c15-14(16,17)9-3-1-8(2-4-9)12-5-6-13(19-12)10-7-11(10)18/h1-6,10-11H,7,18H2. The quantitative estimate of drug-likeness (QED) is 0.899. The first-order valence-electron chi connectivity index (χ1n) is 5.98. The van der Waals surface area contributed by atoms with Crippen LogP contribution in [-0.2, 0) is 6.18 Å². The van der Waals surface area contributed by atoms with Crippen molar-refractivity contribution < 1.29 is 17.6 Å². The summed E-state index contributed by atoms with van der Waals surface area (Å²) in [6.07, 6.45) is -3.41. The monoisotopic (exact) mass is 267 g/mol. The number of rotatable bonds is 2. The molecule has 1 saturated carbocycles. The molecule has 2 unspecified atom stereocenters. The lowest BCUT2D eigenvalue weighted by atomic mass is 10.1. The average molecular weight is 267 g/mol. The van der Waals surface area contributed by atoms with E-state index in [-0.39, 0.29) is 12.0 Å². The van der Waals surface area contributed by atoms with Crippen LogP contribution in [-0.4, -0.2) is 6.04 Å². The Bertz CT molecular complexity index is 585. The van der Waals surface area contributed by atoms with Gasteiger partial charge in [-0.3, -0.25) is 0 Å². The van der Waals surface area contributed by atoms with E-state index >= 15 is 0 Å². The largest absolute Gasteiger partial charge is 0.461 e. The van der Waals surface area contributed by atoms with Crippen molar-refractivity contribution in [2.45, 2.75) is 24.6 Å². The Labute approximate surface area is 108 Å². The minimum atomic E-state index is -4.31. The Morgan fingerprint density at radius 1 is 1.05 bits per heavy atom. The van der Waals surface area contributed by atoms with Crippen molar-refractivity contribution in [3.63, 3.8) is 0 Å². The molecular formula is C14H12F3NO. The lowest BCUT2D eigenvalue weighted by Gasteiger charge is -2.06. The summed E-state index contributed by atoms with van der Waals surface area (Å²) in [5.74, 6) is 1.63. The molecule has 2 atom stereocenters. The van der Waals surface area contributed by atoms with E-state index in [1.807, 2.05) is 6.07 Å². The van der Waals surface area contributed by atoms with Crippen LogP contribution in [0.3, 0.4) is 0 Å². The van der Waals surface area contributed by atoms with Crippen molar-refractivity contribution in [1.29, 1.82) is 0 Å². The van der Waals surface area contributed by atoms with Crippen LogP contribution in [0.5, 0.6) is 0 Å². The van der Waals surface area contributed by atoms with E-state index < -0.39 is 11.7 Å². The molecule has 2 nitrogen and oxygen atoms in total. The van der Waals surface area contributed by atoms with Gasteiger partial charge >= 0.3 is 6.18 Å². The molecule has 0 radical (unpaired) electrons. The first-order valence-corrected chi connectivity index (χ1v) is 5.98. The second kappa shape index (κ2) is 4.13. The number of benzene rings is 1.